The van der Waals surface area contributed by atoms with Crippen LogP contribution in [-0.4, -0.2) is 16.8 Å². The lowest BCUT2D eigenvalue weighted by Gasteiger charge is -2.46. The third-order valence-corrected chi connectivity index (χ3v) is 5.77. The molecule has 1 aliphatic carbocycles. The number of carboxylic acid groups (broad SMARTS) is 1. The molecule has 1 fully saturated rings. The number of hydrogen-bond acceptors (Lipinski definition) is 2. The average molecular weight is 337 g/mol. The summed E-state index contributed by atoms with van der Waals surface area (Å²) in [6.45, 7) is 4.02. The lowest BCUT2D eigenvalue weighted by Crippen LogP contribution is -2.46. The molecule has 1 aliphatic heterocycles. The molecule has 0 unspecified atom stereocenters. The van der Waals surface area contributed by atoms with E-state index < -0.39 is 6.09 Å². The van der Waals surface area contributed by atoms with Gasteiger partial charge < -0.3 is 9.84 Å². The predicted molar refractivity (Wildman–Crippen MR) is 98.1 cm³/mol. The first-order valence-electron chi connectivity index (χ1n) is 8.91. The van der Waals surface area contributed by atoms with Gasteiger partial charge in [-0.05, 0) is 80.8 Å². The maximum Gasteiger partial charge on any atom is 0.416 e. The number of benzene rings is 2. The van der Waals surface area contributed by atoms with Crippen molar-refractivity contribution in [2.45, 2.75) is 51.6 Å². The van der Waals surface area contributed by atoms with E-state index in [0.29, 0.717) is 5.69 Å². The molecule has 0 atom stereocenters. The highest BCUT2D eigenvalue weighted by molar-refractivity contribution is 5.96. The van der Waals surface area contributed by atoms with Crippen molar-refractivity contribution in [3.05, 3.63) is 53.1 Å². The van der Waals surface area contributed by atoms with Crippen LogP contribution >= 0.6 is 0 Å². The number of ether oxygens (including phenoxy) is 1. The second-order valence-corrected chi connectivity index (χ2v) is 7.23. The lowest BCUT2D eigenvalue weighted by atomic mass is 9.74. The summed E-state index contributed by atoms with van der Waals surface area (Å²) in [5.74, 6) is 0.977. The Bertz CT molecular complexity index is 825. The summed E-state index contributed by atoms with van der Waals surface area (Å²) in [5.41, 5.74) is 4.56. The standard InChI is InChI=1S/C21H23NO3/c1-14-15(2)19-16(9-12-21(25-19)10-6-11-21)13-18(14)22(20(23)24)17-7-4-3-5-8-17/h3-5,7-8,13H,6,9-12H2,1-2H3,(H,23,24). The summed E-state index contributed by atoms with van der Waals surface area (Å²) in [7, 11) is 0. The zero-order valence-electron chi connectivity index (χ0n) is 14.7. The van der Waals surface area contributed by atoms with Gasteiger partial charge in [-0.25, -0.2) is 9.69 Å². The highest BCUT2D eigenvalue weighted by atomic mass is 16.5. The number of para-hydroxylation sites is 1. The SMILES string of the molecule is Cc1c(N(C(=O)O)c2ccccc2)cc2c(c1C)OC1(CCC1)CC2. The third kappa shape index (κ3) is 2.56. The monoisotopic (exact) mass is 337 g/mol. The minimum Gasteiger partial charge on any atom is -0.487 e. The number of carbonyl (C=O) groups is 1. The van der Waals surface area contributed by atoms with Crippen molar-refractivity contribution in [1.82, 2.24) is 0 Å². The first kappa shape index (κ1) is 16.0. The molecule has 0 aromatic heterocycles. The van der Waals surface area contributed by atoms with E-state index in [4.69, 9.17) is 4.74 Å². The molecule has 1 N–H and O–H groups in total. The number of anilines is 2. The Morgan fingerprint density at radius 1 is 1.12 bits per heavy atom. The van der Waals surface area contributed by atoms with Crippen LogP contribution in [0.1, 0.15) is 42.4 Å². The van der Waals surface area contributed by atoms with Gasteiger partial charge in [0.15, 0.2) is 0 Å². The van der Waals surface area contributed by atoms with E-state index >= 15 is 0 Å². The van der Waals surface area contributed by atoms with Crippen molar-refractivity contribution >= 4 is 17.5 Å². The number of amides is 1. The van der Waals surface area contributed by atoms with Gasteiger partial charge in [-0.3, -0.25) is 0 Å². The van der Waals surface area contributed by atoms with Crippen LogP contribution in [0.2, 0.25) is 0 Å². The first-order valence-corrected chi connectivity index (χ1v) is 8.91. The quantitative estimate of drug-likeness (QED) is 0.802. The molecule has 2 aromatic rings. The summed E-state index contributed by atoms with van der Waals surface area (Å²) in [6, 6.07) is 11.2. The van der Waals surface area contributed by atoms with Crippen molar-refractivity contribution in [3.63, 3.8) is 0 Å². The zero-order chi connectivity index (χ0) is 17.6. The maximum absolute atomic E-state index is 12.0. The molecule has 1 spiro atoms. The van der Waals surface area contributed by atoms with E-state index in [1.165, 1.54) is 11.3 Å². The Kier molecular flexibility index (Phi) is 3.71. The van der Waals surface area contributed by atoms with Crippen LogP contribution in [0.15, 0.2) is 36.4 Å². The molecule has 4 rings (SSSR count). The Morgan fingerprint density at radius 3 is 2.44 bits per heavy atom. The third-order valence-electron chi connectivity index (χ3n) is 5.77. The molecule has 1 heterocycles. The first-order chi connectivity index (χ1) is 12.0. The fraction of sp³-hybridized carbons (Fsp3) is 0.381. The van der Waals surface area contributed by atoms with Gasteiger partial charge in [0.25, 0.3) is 0 Å². The molecule has 4 nitrogen and oxygen atoms in total. The summed E-state index contributed by atoms with van der Waals surface area (Å²) in [5, 5.41) is 9.82. The van der Waals surface area contributed by atoms with Gasteiger partial charge in [-0.2, -0.15) is 0 Å². The molecule has 0 saturated heterocycles. The van der Waals surface area contributed by atoms with Crippen LogP contribution in [-0.2, 0) is 6.42 Å². The molecule has 0 bridgehead atoms. The Balaban J connectivity index is 1.81. The van der Waals surface area contributed by atoms with Crippen LogP contribution in [0.3, 0.4) is 0 Å². The summed E-state index contributed by atoms with van der Waals surface area (Å²) in [6.07, 6.45) is 4.52. The molecule has 0 radical (unpaired) electrons. The van der Waals surface area contributed by atoms with E-state index in [-0.39, 0.29) is 5.60 Å². The second-order valence-electron chi connectivity index (χ2n) is 7.23. The van der Waals surface area contributed by atoms with Crippen molar-refractivity contribution in [1.29, 1.82) is 0 Å². The minimum absolute atomic E-state index is 0.0393. The molecule has 2 aliphatic rings. The molecule has 1 saturated carbocycles. The average Bonchev–Trinajstić information content (AvgIpc) is 2.58. The van der Waals surface area contributed by atoms with Crippen LogP contribution < -0.4 is 9.64 Å². The van der Waals surface area contributed by atoms with Crippen LogP contribution in [0, 0.1) is 13.8 Å². The van der Waals surface area contributed by atoms with Crippen molar-refractivity contribution in [2.24, 2.45) is 0 Å². The minimum atomic E-state index is -0.971. The number of hydrogen-bond donors (Lipinski definition) is 1. The van der Waals surface area contributed by atoms with E-state index in [1.807, 2.05) is 50.2 Å². The molecule has 1 amide bonds. The van der Waals surface area contributed by atoms with Crippen LogP contribution in [0.25, 0.3) is 0 Å². The molecule has 4 heteroatoms. The van der Waals surface area contributed by atoms with E-state index in [9.17, 15) is 9.90 Å². The topological polar surface area (TPSA) is 49.8 Å². The van der Waals surface area contributed by atoms with E-state index in [0.717, 1.165) is 53.8 Å². The maximum atomic E-state index is 12.0. The van der Waals surface area contributed by atoms with Gasteiger partial charge in [-0.15, -0.1) is 0 Å². The lowest BCUT2D eigenvalue weighted by molar-refractivity contribution is -0.0255. The van der Waals surface area contributed by atoms with Crippen LogP contribution in [0.5, 0.6) is 5.75 Å². The van der Waals surface area contributed by atoms with Gasteiger partial charge in [0.05, 0.1) is 11.4 Å². The fourth-order valence-corrected chi connectivity index (χ4v) is 3.98. The Morgan fingerprint density at radius 2 is 1.84 bits per heavy atom. The summed E-state index contributed by atoms with van der Waals surface area (Å²) in [4.78, 5) is 13.4. The van der Waals surface area contributed by atoms with E-state index in [2.05, 4.69) is 0 Å². The highest BCUT2D eigenvalue weighted by Gasteiger charge is 2.42. The van der Waals surface area contributed by atoms with Gasteiger partial charge in [0.2, 0.25) is 0 Å². The van der Waals surface area contributed by atoms with Gasteiger partial charge in [0.1, 0.15) is 11.4 Å². The number of rotatable bonds is 2. The number of nitrogens with zero attached hydrogens (tertiary/aromatic N) is 1. The second kappa shape index (κ2) is 5.80. The largest absolute Gasteiger partial charge is 0.487 e. The molecular formula is C21H23NO3. The molecular weight excluding hydrogens is 314 g/mol. The van der Waals surface area contributed by atoms with Crippen LogP contribution in [0.4, 0.5) is 16.2 Å². The fourth-order valence-electron chi connectivity index (χ4n) is 3.98. The normalized spacial score (nSPS) is 17.4. The summed E-state index contributed by atoms with van der Waals surface area (Å²) < 4.78 is 6.40. The molecule has 130 valence electrons. The van der Waals surface area contributed by atoms with Gasteiger partial charge >= 0.3 is 6.09 Å². The smallest absolute Gasteiger partial charge is 0.416 e. The van der Waals surface area contributed by atoms with Crippen molar-refractivity contribution in [3.8, 4) is 5.75 Å². The molecule has 25 heavy (non-hydrogen) atoms. The van der Waals surface area contributed by atoms with Crippen molar-refractivity contribution in [2.75, 3.05) is 4.90 Å². The predicted octanol–water partition coefficient (Wildman–Crippen LogP) is 5.37. The zero-order valence-corrected chi connectivity index (χ0v) is 14.7. The summed E-state index contributed by atoms with van der Waals surface area (Å²) >= 11 is 0. The number of fused-ring (bicyclic) bond motifs is 1. The highest BCUT2D eigenvalue weighted by Crippen LogP contribution is 2.48. The van der Waals surface area contributed by atoms with E-state index in [1.54, 1.807) is 0 Å². The Labute approximate surface area is 148 Å². The number of aryl methyl sites for hydroxylation is 1. The Hall–Kier alpha value is -2.49. The molecule has 2 aromatic carbocycles. The van der Waals surface area contributed by atoms with Gasteiger partial charge in [-0.1, -0.05) is 18.2 Å². The van der Waals surface area contributed by atoms with Gasteiger partial charge in [0, 0.05) is 0 Å². The van der Waals surface area contributed by atoms with Crippen molar-refractivity contribution < 1.29 is 14.6 Å².